The van der Waals surface area contributed by atoms with Gasteiger partial charge in [0.15, 0.2) is 0 Å². The Labute approximate surface area is 134 Å². The van der Waals surface area contributed by atoms with E-state index in [0.717, 1.165) is 19.4 Å². The van der Waals surface area contributed by atoms with Gasteiger partial charge >= 0.3 is 0 Å². The fourth-order valence-corrected chi connectivity index (χ4v) is 2.29. The molecule has 0 saturated heterocycles. The van der Waals surface area contributed by atoms with E-state index in [2.05, 4.69) is 67.3 Å². The van der Waals surface area contributed by atoms with Crippen LogP contribution in [0.2, 0.25) is 0 Å². The second-order valence-corrected chi connectivity index (χ2v) is 5.30. The van der Waals surface area contributed by atoms with Crippen LogP contribution in [-0.4, -0.2) is 6.61 Å². The van der Waals surface area contributed by atoms with Gasteiger partial charge in [0.25, 0.3) is 0 Å². The van der Waals surface area contributed by atoms with Crippen molar-refractivity contribution in [1.29, 1.82) is 0 Å². The summed E-state index contributed by atoms with van der Waals surface area (Å²) < 4.78 is 5.65. The number of allylic oxidation sites excluding steroid dienone is 2. The summed E-state index contributed by atoms with van der Waals surface area (Å²) >= 11 is 0. The molecule has 22 heavy (non-hydrogen) atoms. The molecule has 1 heteroatoms. The summed E-state index contributed by atoms with van der Waals surface area (Å²) in [5.74, 6) is 0. The molecule has 0 saturated carbocycles. The highest BCUT2D eigenvalue weighted by Gasteiger charge is 1.99. The zero-order chi connectivity index (χ0) is 15.6. The van der Waals surface area contributed by atoms with Gasteiger partial charge in [0.2, 0.25) is 0 Å². The minimum Gasteiger partial charge on any atom is -0.377 e. The Morgan fingerprint density at radius 3 is 2.18 bits per heavy atom. The Morgan fingerprint density at radius 1 is 0.955 bits per heavy atom. The lowest BCUT2D eigenvalue weighted by atomic mass is 10.0. The molecule has 0 aliphatic heterocycles. The second-order valence-electron chi connectivity index (χ2n) is 5.30. The lowest BCUT2D eigenvalue weighted by Crippen LogP contribution is -1.95. The van der Waals surface area contributed by atoms with Crippen molar-refractivity contribution in [2.75, 3.05) is 6.61 Å². The predicted octanol–water partition coefficient (Wildman–Crippen LogP) is 5.87. The van der Waals surface area contributed by atoms with Crippen LogP contribution in [0.15, 0.2) is 67.3 Å². The van der Waals surface area contributed by atoms with E-state index < -0.39 is 0 Å². The highest BCUT2D eigenvalue weighted by molar-refractivity contribution is 5.65. The summed E-state index contributed by atoms with van der Waals surface area (Å²) in [4.78, 5) is 0. The predicted molar refractivity (Wildman–Crippen MR) is 95.7 cm³/mol. The molecule has 0 aromatic heterocycles. The molecule has 1 nitrogen and oxygen atoms in total. The van der Waals surface area contributed by atoms with Crippen molar-refractivity contribution in [2.24, 2.45) is 0 Å². The summed E-state index contributed by atoms with van der Waals surface area (Å²) in [5.41, 5.74) is 4.93. The van der Waals surface area contributed by atoms with Gasteiger partial charge in [0, 0.05) is 6.61 Å². The number of benzene rings is 2. The smallest absolute Gasteiger partial charge is 0.0716 e. The lowest BCUT2D eigenvalue weighted by Gasteiger charge is -2.06. The first-order valence-electron chi connectivity index (χ1n) is 7.84. The average molecular weight is 292 g/mol. The van der Waals surface area contributed by atoms with Crippen molar-refractivity contribution >= 4 is 6.08 Å². The Balaban J connectivity index is 1.92. The van der Waals surface area contributed by atoms with Crippen molar-refractivity contribution in [3.63, 3.8) is 0 Å². The fourth-order valence-electron chi connectivity index (χ4n) is 2.29. The third kappa shape index (κ3) is 5.01. The molecular weight excluding hydrogens is 268 g/mol. The topological polar surface area (TPSA) is 9.23 Å². The van der Waals surface area contributed by atoms with Gasteiger partial charge in [0.05, 0.1) is 6.61 Å². The maximum Gasteiger partial charge on any atom is 0.0716 e. The van der Waals surface area contributed by atoms with Gasteiger partial charge in [-0.2, -0.15) is 0 Å². The molecule has 2 aromatic rings. The lowest BCUT2D eigenvalue weighted by molar-refractivity contribution is 0.119. The molecular formula is C21H24O. The number of hydrogen-bond donors (Lipinski definition) is 0. The van der Waals surface area contributed by atoms with Crippen LogP contribution in [0.1, 0.15) is 30.9 Å². The maximum absolute atomic E-state index is 5.65. The zero-order valence-corrected chi connectivity index (χ0v) is 13.3. The standard InChI is InChI=1S/C21H24O/c1-3-5-6-16-22-17-19-10-14-21(15-11-19)20-12-8-18(7-4-2)9-13-20/h3-4,7-15H,1,5-6,16-17H2,2H3/b7-4-. The van der Waals surface area contributed by atoms with Crippen LogP contribution < -0.4 is 0 Å². The second kappa shape index (κ2) is 9.01. The molecule has 0 spiro atoms. The van der Waals surface area contributed by atoms with Crippen LogP contribution >= 0.6 is 0 Å². The average Bonchev–Trinajstić information content (AvgIpc) is 2.56. The molecule has 0 amide bonds. The molecule has 0 unspecified atom stereocenters. The van der Waals surface area contributed by atoms with Crippen molar-refractivity contribution in [2.45, 2.75) is 26.4 Å². The van der Waals surface area contributed by atoms with E-state index in [1.807, 2.05) is 13.0 Å². The minimum absolute atomic E-state index is 0.678. The molecule has 0 heterocycles. The summed E-state index contributed by atoms with van der Waals surface area (Å²) in [7, 11) is 0. The van der Waals surface area contributed by atoms with Crippen LogP contribution in [0.5, 0.6) is 0 Å². The number of hydrogen-bond acceptors (Lipinski definition) is 1. The molecule has 0 N–H and O–H groups in total. The van der Waals surface area contributed by atoms with Gasteiger partial charge in [-0.1, -0.05) is 66.8 Å². The normalized spacial score (nSPS) is 11.0. The van der Waals surface area contributed by atoms with E-state index in [-0.39, 0.29) is 0 Å². The Kier molecular flexibility index (Phi) is 6.66. The number of rotatable bonds is 8. The van der Waals surface area contributed by atoms with Gasteiger partial charge in [-0.25, -0.2) is 0 Å². The molecule has 0 radical (unpaired) electrons. The molecule has 2 aromatic carbocycles. The van der Waals surface area contributed by atoms with Gasteiger partial charge in [-0.05, 0) is 42.0 Å². The summed E-state index contributed by atoms with van der Waals surface area (Å²) in [6.07, 6.45) is 8.15. The van der Waals surface area contributed by atoms with Crippen molar-refractivity contribution in [3.05, 3.63) is 78.4 Å². The largest absolute Gasteiger partial charge is 0.377 e. The first-order valence-corrected chi connectivity index (χ1v) is 7.84. The highest BCUT2D eigenvalue weighted by Crippen LogP contribution is 2.21. The molecule has 0 bridgehead atoms. The molecule has 0 aliphatic rings. The van der Waals surface area contributed by atoms with Crippen LogP contribution in [-0.2, 0) is 11.3 Å². The third-order valence-electron chi connectivity index (χ3n) is 3.52. The number of ether oxygens (including phenoxy) is 1. The van der Waals surface area contributed by atoms with E-state index in [0.29, 0.717) is 6.61 Å². The fraction of sp³-hybridized carbons (Fsp3) is 0.238. The Hall–Kier alpha value is -2.12. The summed E-state index contributed by atoms with van der Waals surface area (Å²) in [6.45, 7) is 7.22. The molecule has 0 aliphatic carbocycles. The van der Waals surface area contributed by atoms with Gasteiger partial charge in [-0.15, -0.1) is 6.58 Å². The monoisotopic (exact) mass is 292 g/mol. The van der Waals surface area contributed by atoms with Gasteiger partial charge in [0.1, 0.15) is 0 Å². The van der Waals surface area contributed by atoms with E-state index in [9.17, 15) is 0 Å². The maximum atomic E-state index is 5.65. The molecule has 0 fully saturated rings. The first kappa shape index (κ1) is 16.3. The molecule has 2 rings (SSSR count). The highest BCUT2D eigenvalue weighted by atomic mass is 16.5. The zero-order valence-electron chi connectivity index (χ0n) is 13.3. The van der Waals surface area contributed by atoms with E-state index in [1.165, 1.54) is 22.3 Å². The molecule has 0 atom stereocenters. The number of unbranched alkanes of at least 4 members (excludes halogenated alkanes) is 1. The van der Waals surface area contributed by atoms with Crippen LogP contribution in [0.3, 0.4) is 0 Å². The van der Waals surface area contributed by atoms with E-state index >= 15 is 0 Å². The van der Waals surface area contributed by atoms with Crippen molar-refractivity contribution in [1.82, 2.24) is 0 Å². The molecule has 114 valence electrons. The summed E-state index contributed by atoms with van der Waals surface area (Å²) in [5, 5.41) is 0. The third-order valence-corrected chi connectivity index (χ3v) is 3.52. The van der Waals surface area contributed by atoms with E-state index in [1.54, 1.807) is 0 Å². The van der Waals surface area contributed by atoms with Crippen LogP contribution in [0.25, 0.3) is 17.2 Å². The quantitative estimate of drug-likeness (QED) is 0.437. The van der Waals surface area contributed by atoms with Crippen molar-refractivity contribution in [3.8, 4) is 11.1 Å². The Morgan fingerprint density at radius 2 is 1.59 bits per heavy atom. The first-order chi connectivity index (χ1) is 10.8. The van der Waals surface area contributed by atoms with Crippen LogP contribution in [0, 0.1) is 0 Å². The summed E-state index contributed by atoms with van der Waals surface area (Å²) in [6, 6.07) is 17.2. The van der Waals surface area contributed by atoms with Crippen LogP contribution in [0.4, 0.5) is 0 Å². The van der Waals surface area contributed by atoms with Gasteiger partial charge < -0.3 is 4.74 Å². The van der Waals surface area contributed by atoms with Crippen molar-refractivity contribution < 1.29 is 4.74 Å². The SMILES string of the molecule is C=CCCCOCc1ccc(-c2ccc(/C=C\C)cc2)cc1. The van der Waals surface area contributed by atoms with Gasteiger partial charge in [-0.3, -0.25) is 0 Å². The Bertz CT molecular complexity index is 591. The van der Waals surface area contributed by atoms with E-state index in [4.69, 9.17) is 4.74 Å². The minimum atomic E-state index is 0.678.